The van der Waals surface area contributed by atoms with Crippen LogP contribution in [0.2, 0.25) is 0 Å². The number of aliphatic hydroxyl groups is 1. The molecule has 0 saturated carbocycles. The fourth-order valence-corrected chi connectivity index (χ4v) is 2.56. The van der Waals surface area contributed by atoms with Crippen LogP contribution >= 0.6 is 0 Å². The Balaban J connectivity index is 1.71. The monoisotopic (exact) mass is 269 g/mol. The Morgan fingerprint density at radius 3 is 2.80 bits per heavy atom. The lowest BCUT2D eigenvalue weighted by molar-refractivity contribution is 0.185. The van der Waals surface area contributed by atoms with Crippen LogP contribution in [0.5, 0.6) is 5.75 Å². The van der Waals surface area contributed by atoms with Gasteiger partial charge in [0.25, 0.3) is 0 Å². The van der Waals surface area contributed by atoms with Crippen molar-refractivity contribution in [2.75, 3.05) is 25.1 Å². The number of benzene rings is 2. The van der Waals surface area contributed by atoms with Gasteiger partial charge in [-0.2, -0.15) is 0 Å². The van der Waals surface area contributed by atoms with Gasteiger partial charge in [0, 0.05) is 25.7 Å². The van der Waals surface area contributed by atoms with Gasteiger partial charge in [0.1, 0.15) is 5.75 Å². The number of nitrogens with zero attached hydrogens (tertiary/aromatic N) is 1. The zero-order valence-corrected chi connectivity index (χ0v) is 11.6. The molecule has 3 nitrogen and oxygen atoms in total. The first-order valence-corrected chi connectivity index (χ1v) is 6.94. The van der Waals surface area contributed by atoms with E-state index in [-0.39, 0.29) is 0 Å². The normalized spacial score (nSPS) is 14.5. The van der Waals surface area contributed by atoms with Crippen LogP contribution in [-0.2, 0) is 6.42 Å². The van der Waals surface area contributed by atoms with E-state index in [0.29, 0.717) is 6.54 Å². The van der Waals surface area contributed by atoms with E-state index in [4.69, 9.17) is 4.74 Å². The molecular weight excluding hydrogens is 250 g/mol. The van der Waals surface area contributed by atoms with Crippen molar-refractivity contribution in [2.45, 2.75) is 12.5 Å². The second kappa shape index (κ2) is 5.55. The van der Waals surface area contributed by atoms with Crippen LogP contribution < -0.4 is 9.64 Å². The van der Waals surface area contributed by atoms with Crippen LogP contribution in [-0.4, -0.2) is 25.3 Å². The van der Waals surface area contributed by atoms with Crippen molar-refractivity contribution in [3.8, 4) is 5.75 Å². The highest BCUT2D eigenvalue weighted by Gasteiger charge is 2.15. The third-order valence-corrected chi connectivity index (χ3v) is 3.74. The van der Waals surface area contributed by atoms with Crippen LogP contribution in [0.25, 0.3) is 0 Å². The summed E-state index contributed by atoms with van der Waals surface area (Å²) in [5.74, 6) is 0.991. The molecule has 0 fully saturated rings. The molecule has 1 aliphatic heterocycles. The molecule has 3 rings (SSSR count). The number of hydrogen-bond acceptors (Lipinski definition) is 3. The molecule has 2 aromatic carbocycles. The van der Waals surface area contributed by atoms with Gasteiger partial charge < -0.3 is 14.7 Å². The lowest BCUT2D eigenvalue weighted by Crippen LogP contribution is -2.24. The smallest absolute Gasteiger partial charge is 0.122 e. The van der Waals surface area contributed by atoms with Gasteiger partial charge in [-0.05, 0) is 29.3 Å². The van der Waals surface area contributed by atoms with Gasteiger partial charge >= 0.3 is 0 Å². The van der Waals surface area contributed by atoms with Crippen molar-refractivity contribution >= 4 is 5.69 Å². The first-order chi connectivity index (χ1) is 9.74. The lowest BCUT2D eigenvalue weighted by Gasteiger charge is -2.23. The van der Waals surface area contributed by atoms with Crippen LogP contribution in [0.4, 0.5) is 5.69 Å². The Morgan fingerprint density at radius 2 is 2.00 bits per heavy atom. The first kappa shape index (κ1) is 13.0. The molecule has 0 bridgehead atoms. The average Bonchev–Trinajstić information content (AvgIpc) is 2.95. The van der Waals surface area contributed by atoms with E-state index in [1.54, 1.807) is 0 Å². The Bertz CT molecular complexity index is 583. The molecule has 1 atom stereocenters. The predicted molar refractivity (Wildman–Crippen MR) is 80.3 cm³/mol. The summed E-state index contributed by atoms with van der Waals surface area (Å²) in [6.45, 7) is 1.35. The maximum atomic E-state index is 10.3. The van der Waals surface area contributed by atoms with E-state index in [2.05, 4.69) is 11.0 Å². The van der Waals surface area contributed by atoms with Crippen LogP contribution in [0.15, 0.2) is 48.5 Å². The standard InChI is InChI=1S/C17H19NO2/c1-18(12-16(19)13-5-3-2-4-6-13)15-7-8-17-14(11-15)9-10-20-17/h2-8,11,16,19H,9-10,12H2,1H3. The summed E-state index contributed by atoms with van der Waals surface area (Å²) in [4.78, 5) is 2.08. The quantitative estimate of drug-likeness (QED) is 0.926. The molecule has 0 aromatic heterocycles. The van der Waals surface area contributed by atoms with E-state index in [1.165, 1.54) is 5.56 Å². The van der Waals surface area contributed by atoms with Crippen molar-refractivity contribution in [1.29, 1.82) is 0 Å². The number of hydrogen-bond donors (Lipinski definition) is 1. The number of aliphatic hydroxyl groups excluding tert-OH is 1. The maximum Gasteiger partial charge on any atom is 0.122 e. The lowest BCUT2D eigenvalue weighted by atomic mass is 10.1. The Kier molecular flexibility index (Phi) is 3.61. The maximum absolute atomic E-state index is 10.3. The van der Waals surface area contributed by atoms with Crippen LogP contribution in [0.3, 0.4) is 0 Å². The van der Waals surface area contributed by atoms with Gasteiger partial charge in [-0.15, -0.1) is 0 Å². The molecule has 1 N–H and O–H groups in total. The van der Waals surface area contributed by atoms with Crippen LogP contribution in [0, 0.1) is 0 Å². The molecule has 1 heterocycles. The summed E-state index contributed by atoms with van der Waals surface area (Å²) >= 11 is 0. The zero-order chi connectivity index (χ0) is 13.9. The Morgan fingerprint density at radius 1 is 1.20 bits per heavy atom. The molecule has 0 radical (unpaired) electrons. The fourth-order valence-electron chi connectivity index (χ4n) is 2.56. The molecular formula is C17H19NO2. The van der Waals surface area contributed by atoms with Gasteiger partial charge in [-0.3, -0.25) is 0 Å². The summed E-state index contributed by atoms with van der Waals surface area (Å²) in [5, 5.41) is 10.3. The molecule has 1 aliphatic rings. The molecule has 3 heteroatoms. The summed E-state index contributed by atoms with van der Waals surface area (Å²) in [5.41, 5.74) is 3.32. The summed E-state index contributed by atoms with van der Waals surface area (Å²) in [7, 11) is 2.00. The topological polar surface area (TPSA) is 32.7 Å². The zero-order valence-electron chi connectivity index (χ0n) is 11.6. The van der Waals surface area contributed by atoms with E-state index in [0.717, 1.165) is 30.0 Å². The van der Waals surface area contributed by atoms with Gasteiger partial charge in [0.15, 0.2) is 0 Å². The molecule has 0 aliphatic carbocycles. The highest BCUT2D eigenvalue weighted by molar-refractivity contribution is 5.54. The number of fused-ring (bicyclic) bond motifs is 1. The van der Waals surface area contributed by atoms with Gasteiger partial charge in [-0.25, -0.2) is 0 Å². The number of anilines is 1. The van der Waals surface area contributed by atoms with E-state index < -0.39 is 6.10 Å². The van der Waals surface area contributed by atoms with Crippen molar-refractivity contribution in [3.63, 3.8) is 0 Å². The minimum Gasteiger partial charge on any atom is -0.493 e. The summed E-state index contributed by atoms with van der Waals surface area (Å²) < 4.78 is 5.52. The van der Waals surface area contributed by atoms with Crippen molar-refractivity contribution in [2.24, 2.45) is 0 Å². The molecule has 0 amide bonds. The third kappa shape index (κ3) is 2.63. The Hall–Kier alpha value is -2.00. The molecule has 2 aromatic rings. The number of rotatable bonds is 4. The van der Waals surface area contributed by atoms with E-state index in [1.807, 2.05) is 49.5 Å². The van der Waals surface area contributed by atoms with E-state index >= 15 is 0 Å². The first-order valence-electron chi connectivity index (χ1n) is 6.94. The van der Waals surface area contributed by atoms with Crippen molar-refractivity contribution in [1.82, 2.24) is 0 Å². The second-order valence-electron chi connectivity index (χ2n) is 5.20. The number of ether oxygens (including phenoxy) is 1. The Labute approximate surface area is 119 Å². The number of likely N-dealkylation sites (N-methyl/N-ethyl adjacent to an activating group) is 1. The van der Waals surface area contributed by atoms with Gasteiger partial charge in [0.05, 0.1) is 12.7 Å². The highest BCUT2D eigenvalue weighted by atomic mass is 16.5. The SMILES string of the molecule is CN(CC(O)c1ccccc1)c1ccc2c(c1)CCO2. The highest BCUT2D eigenvalue weighted by Crippen LogP contribution is 2.29. The fraction of sp³-hybridized carbons (Fsp3) is 0.294. The van der Waals surface area contributed by atoms with Crippen LogP contribution in [0.1, 0.15) is 17.2 Å². The van der Waals surface area contributed by atoms with Crippen molar-refractivity contribution < 1.29 is 9.84 Å². The second-order valence-corrected chi connectivity index (χ2v) is 5.20. The minimum atomic E-state index is -0.481. The molecule has 1 unspecified atom stereocenters. The molecule has 0 spiro atoms. The predicted octanol–water partition coefficient (Wildman–Crippen LogP) is 2.79. The van der Waals surface area contributed by atoms with E-state index in [9.17, 15) is 5.11 Å². The molecule has 20 heavy (non-hydrogen) atoms. The minimum absolute atomic E-state index is 0.481. The summed E-state index contributed by atoms with van der Waals surface area (Å²) in [6.07, 6.45) is 0.490. The third-order valence-electron chi connectivity index (χ3n) is 3.74. The van der Waals surface area contributed by atoms with Crippen molar-refractivity contribution in [3.05, 3.63) is 59.7 Å². The van der Waals surface area contributed by atoms with Gasteiger partial charge in [0.2, 0.25) is 0 Å². The average molecular weight is 269 g/mol. The molecule has 0 saturated heterocycles. The van der Waals surface area contributed by atoms with Gasteiger partial charge in [-0.1, -0.05) is 30.3 Å². The summed E-state index contributed by atoms with van der Waals surface area (Å²) in [6, 6.07) is 16.0. The molecule has 104 valence electrons. The largest absolute Gasteiger partial charge is 0.493 e.